The lowest BCUT2D eigenvalue weighted by atomic mass is 10.2. The number of amides is 1. The number of benzene rings is 2. The summed E-state index contributed by atoms with van der Waals surface area (Å²) in [6, 6.07) is 21.3. The largest absolute Gasteiger partial charge is 0.457 e. The van der Waals surface area contributed by atoms with Crippen LogP contribution in [0.15, 0.2) is 72.9 Å². The maximum absolute atomic E-state index is 12.2. The van der Waals surface area contributed by atoms with Crippen molar-refractivity contribution < 1.29 is 9.53 Å². The summed E-state index contributed by atoms with van der Waals surface area (Å²) < 4.78 is 5.80. The minimum Gasteiger partial charge on any atom is -0.457 e. The van der Waals surface area contributed by atoms with Crippen molar-refractivity contribution in [2.75, 3.05) is 5.32 Å². The fourth-order valence-electron chi connectivity index (χ4n) is 3.33. The molecule has 1 amide bonds. The van der Waals surface area contributed by atoms with Crippen molar-refractivity contribution in [3.8, 4) is 11.5 Å². The monoisotopic (exact) mass is 373 g/mol. The molecule has 1 saturated carbocycles. The normalized spacial score (nSPS) is 13.9. The van der Waals surface area contributed by atoms with Gasteiger partial charge in [-0.2, -0.15) is 0 Å². The number of aromatic nitrogens is 1. The van der Waals surface area contributed by atoms with E-state index >= 15 is 0 Å². The Morgan fingerprint density at radius 2 is 1.54 bits per heavy atom. The maximum Gasteiger partial charge on any atom is 0.270 e. The third kappa shape index (κ3) is 4.68. The number of hydrogen-bond acceptors (Lipinski definition) is 4. The van der Waals surface area contributed by atoms with Gasteiger partial charge in [0, 0.05) is 11.7 Å². The topological polar surface area (TPSA) is 63.2 Å². The second-order valence-electron chi connectivity index (χ2n) is 6.95. The number of hydrogen-bond donors (Lipinski definition) is 2. The zero-order valence-electron chi connectivity index (χ0n) is 15.6. The first-order chi connectivity index (χ1) is 13.8. The molecule has 142 valence electrons. The summed E-state index contributed by atoms with van der Waals surface area (Å²) in [5.74, 6) is 1.48. The Morgan fingerprint density at radius 3 is 2.21 bits per heavy atom. The molecule has 1 heterocycles. The fraction of sp³-hybridized carbons (Fsp3) is 0.217. The molecule has 0 atom stereocenters. The number of rotatable bonds is 6. The van der Waals surface area contributed by atoms with Crippen molar-refractivity contribution in [2.24, 2.45) is 0 Å². The minimum absolute atomic E-state index is 0.0964. The number of carbonyl (C=O) groups excluding carboxylic acids is 1. The Hall–Kier alpha value is -3.34. The van der Waals surface area contributed by atoms with Crippen LogP contribution in [0.4, 0.5) is 11.4 Å². The summed E-state index contributed by atoms with van der Waals surface area (Å²) in [5.41, 5.74) is 2.20. The van der Waals surface area contributed by atoms with Crippen LogP contribution < -0.4 is 15.4 Å². The van der Waals surface area contributed by atoms with Gasteiger partial charge in [-0.25, -0.2) is 4.98 Å². The predicted molar refractivity (Wildman–Crippen MR) is 110 cm³/mol. The third-order valence-electron chi connectivity index (χ3n) is 4.81. The molecule has 2 N–H and O–H groups in total. The predicted octanol–water partition coefficient (Wildman–Crippen LogP) is 5.29. The van der Waals surface area contributed by atoms with Crippen LogP contribution in [0.1, 0.15) is 36.2 Å². The van der Waals surface area contributed by atoms with Crippen molar-refractivity contribution in [1.82, 2.24) is 10.3 Å². The first kappa shape index (κ1) is 18.0. The second-order valence-corrected chi connectivity index (χ2v) is 6.95. The average molecular weight is 373 g/mol. The number of nitrogens with zero attached hydrogens (tertiary/aromatic N) is 1. The van der Waals surface area contributed by atoms with E-state index in [0.29, 0.717) is 11.7 Å². The van der Waals surface area contributed by atoms with Gasteiger partial charge in [-0.05, 0) is 61.4 Å². The highest BCUT2D eigenvalue weighted by molar-refractivity contribution is 5.92. The van der Waals surface area contributed by atoms with E-state index in [9.17, 15) is 4.79 Å². The zero-order chi connectivity index (χ0) is 19.2. The highest BCUT2D eigenvalue weighted by Gasteiger charge is 2.18. The third-order valence-corrected chi connectivity index (χ3v) is 4.81. The lowest BCUT2D eigenvalue weighted by Gasteiger charge is -2.12. The Morgan fingerprint density at radius 1 is 0.857 bits per heavy atom. The Bertz CT molecular complexity index is 903. The molecule has 28 heavy (non-hydrogen) atoms. The molecule has 4 rings (SSSR count). The smallest absolute Gasteiger partial charge is 0.270 e. The van der Waals surface area contributed by atoms with E-state index in [1.165, 1.54) is 12.8 Å². The Labute approximate surface area is 164 Å². The van der Waals surface area contributed by atoms with E-state index in [4.69, 9.17) is 4.74 Å². The van der Waals surface area contributed by atoms with Gasteiger partial charge in [0.2, 0.25) is 0 Å². The van der Waals surface area contributed by atoms with Gasteiger partial charge in [-0.15, -0.1) is 0 Å². The summed E-state index contributed by atoms with van der Waals surface area (Å²) in [6.07, 6.45) is 6.19. The molecule has 2 aromatic carbocycles. The number of para-hydroxylation sites is 1. The second kappa shape index (κ2) is 8.57. The van der Waals surface area contributed by atoms with E-state index in [-0.39, 0.29) is 5.91 Å². The van der Waals surface area contributed by atoms with Crippen LogP contribution >= 0.6 is 0 Å². The summed E-state index contributed by atoms with van der Waals surface area (Å²) >= 11 is 0. The van der Waals surface area contributed by atoms with Crippen molar-refractivity contribution in [1.29, 1.82) is 0 Å². The van der Waals surface area contributed by atoms with Crippen LogP contribution in [0.2, 0.25) is 0 Å². The van der Waals surface area contributed by atoms with Gasteiger partial charge in [-0.1, -0.05) is 31.0 Å². The number of carbonyl (C=O) groups is 1. The van der Waals surface area contributed by atoms with Crippen LogP contribution in [0.3, 0.4) is 0 Å². The molecule has 0 saturated heterocycles. The molecule has 1 aromatic heterocycles. The van der Waals surface area contributed by atoms with Crippen molar-refractivity contribution in [2.45, 2.75) is 31.7 Å². The molecule has 1 fully saturated rings. The van der Waals surface area contributed by atoms with Gasteiger partial charge in [0.1, 0.15) is 17.2 Å². The first-order valence-corrected chi connectivity index (χ1v) is 9.63. The Balaban J connectivity index is 1.34. The molecular weight excluding hydrogens is 350 g/mol. The lowest BCUT2D eigenvalue weighted by Crippen LogP contribution is -2.33. The van der Waals surface area contributed by atoms with Crippen LogP contribution in [-0.2, 0) is 0 Å². The van der Waals surface area contributed by atoms with Crippen molar-refractivity contribution in [3.63, 3.8) is 0 Å². The van der Waals surface area contributed by atoms with Gasteiger partial charge in [0.05, 0.1) is 11.9 Å². The van der Waals surface area contributed by atoms with E-state index in [2.05, 4.69) is 15.6 Å². The molecule has 3 aromatic rings. The van der Waals surface area contributed by atoms with E-state index in [1.54, 1.807) is 12.3 Å². The number of nitrogens with one attached hydrogen (secondary N) is 2. The molecule has 0 radical (unpaired) electrons. The highest BCUT2D eigenvalue weighted by atomic mass is 16.5. The SMILES string of the molecule is O=C(NC1CCCC1)c1ccc(Nc2ccc(Oc3ccccc3)cc2)cn1. The summed E-state index contributed by atoms with van der Waals surface area (Å²) in [5, 5.41) is 6.34. The van der Waals surface area contributed by atoms with Crippen LogP contribution in [0, 0.1) is 0 Å². The standard InChI is InChI=1S/C23H23N3O2/c27-23(26-17-6-4-5-7-17)22-15-12-19(16-24-22)25-18-10-13-21(14-11-18)28-20-8-2-1-3-9-20/h1-3,8-17,25H,4-7H2,(H,26,27). The molecule has 1 aliphatic rings. The van der Waals surface area contributed by atoms with Gasteiger partial charge in [0.15, 0.2) is 0 Å². The number of pyridine rings is 1. The molecule has 5 nitrogen and oxygen atoms in total. The number of ether oxygens (including phenoxy) is 1. The molecule has 5 heteroatoms. The van der Waals surface area contributed by atoms with Crippen LogP contribution in [0.5, 0.6) is 11.5 Å². The molecule has 0 aliphatic heterocycles. The van der Waals surface area contributed by atoms with Crippen LogP contribution in [0.25, 0.3) is 0 Å². The van der Waals surface area contributed by atoms with Gasteiger partial charge < -0.3 is 15.4 Å². The Kier molecular flexibility index (Phi) is 5.52. The molecule has 0 spiro atoms. The summed E-state index contributed by atoms with van der Waals surface area (Å²) in [4.78, 5) is 16.5. The molecule has 1 aliphatic carbocycles. The summed E-state index contributed by atoms with van der Waals surface area (Å²) in [6.45, 7) is 0. The van der Waals surface area contributed by atoms with E-state index < -0.39 is 0 Å². The first-order valence-electron chi connectivity index (χ1n) is 9.63. The quantitative estimate of drug-likeness (QED) is 0.616. The van der Waals surface area contributed by atoms with Gasteiger partial charge >= 0.3 is 0 Å². The minimum atomic E-state index is -0.0964. The summed E-state index contributed by atoms with van der Waals surface area (Å²) in [7, 11) is 0. The fourth-order valence-corrected chi connectivity index (χ4v) is 3.33. The lowest BCUT2D eigenvalue weighted by molar-refractivity contribution is 0.0933. The molecule has 0 unspecified atom stereocenters. The molecular formula is C23H23N3O2. The van der Waals surface area contributed by atoms with Crippen molar-refractivity contribution >= 4 is 17.3 Å². The van der Waals surface area contributed by atoms with Crippen LogP contribution in [-0.4, -0.2) is 16.9 Å². The molecule has 0 bridgehead atoms. The van der Waals surface area contributed by atoms with E-state index in [0.717, 1.165) is 35.7 Å². The van der Waals surface area contributed by atoms with E-state index in [1.807, 2.05) is 60.7 Å². The number of anilines is 2. The highest BCUT2D eigenvalue weighted by Crippen LogP contribution is 2.24. The van der Waals surface area contributed by atoms with Gasteiger partial charge in [-0.3, -0.25) is 4.79 Å². The van der Waals surface area contributed by atoms with Crippen molar-refractivity contribution in [3.05, 3.63) is 78.6 Å². The maximum atomic E-state index is 12.2. The average Bonchev–Trinajstić information content (AvgIpc) is 3.24. The van der Waals surface area contributed by atoms with Gasteiger partial charge in [0.25, 0.3) is 5.91 Å². The zero-order valence-corrected chi connectivity index (χ0v) is 15.6.